The van der Waals surface area contributed by atoms with Crippen molar-refractivity contribution in [1.29, 1.82) is 0 Å². The summed E-state index contributed by atoms with van der Waals surface area (Å²) in [5.41, 5.74) is 0.814. The smallest absolute Gasteiger partial charge is 0.407 e. The number of hydrogen-bond acceptors (Lipinski definition) is 5. The highest BCUT2D eigenvalue weighted by Gasteiger charge is 2.33. The number of sulfonamides is 1. The predicted octanol–water partition coefficient (Wildman–Crippen LogP) is 6.19. The Balaban J connectivity index is 1.86. The summed E-state index contributed by atoms with van der Waals surface area (Å²) in [6, 6.07) is 14.2. The summed E-state index contributed by atoms with van der Waals surface area (Å²) >= 11 is 5.95. The normalized spacial score (nSPS) is 12.3. The van der Waals surface area contributed by atoms with Crippen molar-refractivity contribution in [2.75, 3.05) is 37.1 Å². The third kappa shape index (κ3) is 7.93. The minimum Gasteiger partial charge on any atom is -0.449 e. The number of likely N-dealkylation sites (N-methyl/N-ethyl adjacent to an activating group) is 1. The molecule has 3 rings (SSSR count). The van der Waals surface area contributed by atoms with E-state index in [4.69, 9.17) is 16.3 Å². The second kappa shape index (κ2) is 14.4. The van der Waals surface area contributed by atoms with E-state index in [0.717, 1.165) is 35.6 Å². The molecular weight excluding hydrogens is 560 g/mol. The molecule has 3 aromatic rings. The van der Waals surface area contributed by atoms with E-state index in [9.17, 15) is 17.6 Å². The number of carbonyl (C=O) groups excluding carboxylic acids is 1. The van der Waals surface area contributed by atoms with E-state index in [1.165, 1.54) is 24.3 Å². The highest BCUT2D eigenvalue weighted by molar-refractivity contribution is 7.92. The Labute approximate surface area is 239 Å². The Kier molecular flexibility index (Phi) is 11.3. The zero-order chi connectivity index (χ0) is 29.3. The molecule has 0 aromatic heterocycles. The average Bonchev–Trinajstić information content (AvgIpc) is 2.93. The van der Waals surface area contributed by atoms with Crippen molar-refractivity contribution in [3.63, 3.8) is 0 Å². The fraction of sp³-hybridized carbons (Fsp3) is 0.345. The van der Waals surface area contributed by atoms with Gasteiger partial charge < -0.3 is 15.0 Å². The number of ether oxygens (including phenoxy) is 1. The lowest BCUT2D eigenvalue weighted by Gasteiger charge is -2.32. The van der Waals surface area contributed by atoms with E-state index < -0.39 is 39.5 Å². The molecule has 1 atom stereocenters. The Hall–Kier alpha value is -3.21. The van der Waals surface area contributed by atoms with E-state index in [-0.39, 0.29) is 17.9 Å². The van der Waals surface area contributed by atoms with Crippen molar-refractivity contribution >= 4 is 33.4 Å². The van der Waals surface area contributed by atoms with Crippen LogP contribution in [0.15, 0.2) is 71.6 Å². The maximum atomic E-state index is 15.0. The minimum absolute atomic E-state index is 0.0408. The molecule has 0 heterocycles. The second-order valence-electron chi connectivity index (χ2n) is 9.06. The molecule has 1 N–H and O–H groups in total. The Morgan fingerprint density at radius 3 is 2.38 bits per heavy atom. The third-order valence-corrected chi connectivity index (χ3v) is 8.72. The summed E-state index contributed by atoms with van der Waals surface area (Å²) in [6.07, 6.45) is -0.267. The standard InChI is InChI=1S/C29H34ClF2N3O4S/c1-4-34(5-2)18-17-33-29(36)39-19-16-22-8-6-7-9-26(22)21(3)35(28-20-24(31)12-15-27(28)32)40(37,38)25-13-10-23(30)11-14-25/h6-15,20-21H,4-5,16-19H2,1-3H3,(H,33,36)/t21-/m1/s1. The Morgan fingerprint density at radius 2 is 1.70 bits per heavy atom. The molecule has 3 aromatic carbocycles. The summed E-state index contributed by atoms with van der Waals surface area (Å²) < 4.78 is 63.2. The number of nitrogens with one attached hydrogen (secondary N) is 1. The van der Waals surface area contributed by atoms with Gasteiger partial charge in [-0.15, -0.1) is 0 Å². The molecule has 0 bridgehead atoms. The van der Waals surface area contributed by atoms with Gasteiger partial charge in [-0.3, -0.25) is 4.31 Å². The van der Waals surface area contributed by atoms with Gasteiger partial charge in [0.1, 0.15) is 11.6 Å². The van der Waals surface area contributed by atoms with E-state index in [0.29, 0.717) is 29.2 Å². The average molecular weight is 594 g/mol. The van der Waals surface area contributed by atoms with E-state index >= 15 is 4.39 Å². The lowest BCUT2D eigenvalue weighted by atomic mass is 9.99. The number of benzene rings is 3. The first kappa shape index (κ1) is 31.3. The number of hydrogen-bond donors (Lipinski definition) is 1. The monoisotopic (exact) mass is 593 g/mol. The van der Waals surface area contributed by atoms with Crippen LogP contribution in [0.4, 0.5) is 19.3 Å². The summed E-state index contributed by atoms with van der Waals surface area (Å²) in [5.74, 6) is -1.68. The SMILES string of the molecule is CCN(CC)CCNC(=O)OCCc1ccccc1[C@@H](C)N(c1cc(F)ccc1F)S(=O)(=O)c1ccc(Cl)cc1. The Bertz CT molecular complexity index is 1390. The predicted molar refractivity (Wildman–Crippen MR) is 153 cm³/mol. The van der Waals surface area contributed by atoms with Crippen molar-refractivity contribution in [3.05, 3.63) is 94.5 Å². The van der Waals surface area contributed by atoms with Crippen LogP contribution < -0.4 is 9.62 Å². The number of halogens is 3. The van der Waals surface area contributed by atoms with Gasteiger partial charge in [0.05, 0.1) is 23.2 Å². The maximum absolute atomic E-state index is 15.0. The summed E-state index contributed by atoms with van der Waals surface area (Å²) in [6.45, 7) is 8.65. The van der Waals surface area contributed by atoms with Gasteiger partial charge in [0.15, 0.2) is 0 Å². The molecule has 0 aliphatic carbocycles. The maximum Gasteiger partial charge on any atom is 0.407 e. The molecule has 0 aliphatic rings. The number of nitrogens with zero attached hydrogens (tertiary/aromatic N) is 2. The lowest BCUT2D eigenvalue weighted by molar-refractivity contribution is 0.146. The fourth-order valence-corrected chi connectivity index (χ4v) is 6.14. The van der Waals surface area contributed by atoms with Crippen LogP contribution in [-0.2, 0) is 21.2 Å². The zero-order valence-corrected chi connectivity index (χ0v) is 24.3. The Morgan fingerprint density at radius 1 is 1.02 bits per heavy atom. The lowest BCUT2D eigenvalue weighted by Crippen LogP contribution is -2.35. The van der Waals surface area contributed by atoms with E-state index in [2.05, 4.69) is 10.2 Å². The molecular formula is C29H34ClF2N3O4S. The molecule has 0 saturated heterocycles. The molecule has 1 amide bonds. The molecule has 0 spiro atoms. The van der Waals surface area contributed by atoms with Crippen molar-refractivity contribution in [3.8, 4) is 0 Å². The van der Waals surface area contributed by atoms with Crippen LogP contribution >= 0.6 is 11.6 Å². The molecule has 0 radical (unpaired) electrons. The van der Waals surface area contributed by atoms with Gasteiger partial charge in [-0.1, -0.05) is 49.7 Å². The zero-order valence-electron chi connectivity index (χ0n) is 22.7. The highest BCUT2D eigenvalue weighted by atomic mass is 35.5. The number of amides is 1. The van der Waals surface area contributed by atoms with Crippen LogP contribution in [0.5, 0.6) is 0 Å². The molecule has 40 heavy (non-hydrogen) atoms. The number of anilines is 1. The topological polar surface area (TPSA) is 79.0 Å². The summed E-state index contributed by atoms with van der Waals surface area (Å²) in [5, 5.41) is 3.05. The van der Waals surface area contributed by atoms with Crippen LogP contribution in [0.3, 0.4) is 0 Å². The fourth-order valence-electron chi connectivity index (χ4n) is 4.38. The molecule has 7 nitrogen and oxygen atoms in total. The number of alkyl carbamates (subject to hydrolysis) is 1. The van der Waals surface area contributed by atoms with Crippen LogP contribution in [-0.4, -0.2) is 52.2 Å². The van der Waals surface area contributed by atoms with Crippen molar-refractivity contribution < 1.29 is 26.7 Å². The second-order valence-corrected chi connectivity index (χ2v) is 11.3. The number of rotatable bonds is 13. The highest BCUT2D eigenvalue weighted by Crippen LogP contribution is 2.36. The first-order valence-corrected chi connectivity index (χ1v) is 14.9. The molecule has 216 valence electrons. The molecule has 0 fully saturated rings. The van der Waals surface area contributed by atoms with Crippen LogP contribution in [0, 0.1) is 11.6 Å². The number of carbonyl (C=O) groups is 1. The van der Waals surface area contributed by atoms with Crippen LogP contribution in [0.1, 0.15) is 37.9 Å². The molecule has 11 heteroatoms. The molecule has 0 unspecified atom stereocenters. The van der Waals surface area contributed by atoms with Crippen LogP contribution in [0.2, 0.25) is 5.02 Å². The van der Waals surface area contributed by atoms with Gasteiger partial charge in [-0.05, 0) is 67.5 Å². The summed E-state index contributed by atoms with van der Waals surface area (Å²) in [7, 11) is -4.36. The largest absolute Gasteiger partial charge is 0.449 e. The van der Waals surface area contributed by atoms with Gasteiger partial charge in [-0.2, -0.15) is 0 Å². The van der Waals surface area contributed by atoms with Crippen LogP contribution in [0.25, 0.3) is 0 Å². The van der Waals surface area contributed by atoms with Crippen molar-refractivity contribution in [2.45, 2.75) is 38.1 Å². The molecule has 0 saturated carbocycles. The van der Waals surface area contributed by atoms with Gasteiger partial charge in [0, 0.05) is 30.6 Å². The summed E-state index contributed by atoms with van der Waals surface area (Å²) in [4.78, 5) is 14.2. The van der Waals surface area contributed by atoms with Gasteiger partial charge in [0.2, 0.25) is 0 Å². The first-order valence-electron chi connectivity index (χ1n) is 13.0. The molecule has 0 aliphatic heterocycles. The van der Waals surface area contributed by atoms with E-state index in [1.54, 1.807) is 31.2 Å². The van der Waals surface area contributed by atoms with Gasteiger partial charge >= 0.3 is 6.09 Å². The third-order valence-electron chi connectivity index (χ3n) is 6.57. The van der Waals surface area contributed by atoms with Crippen molar-refractivity contribution in [1.82, 2.24) is 10.2 Å². The van der Waals surface area contributed by atoms with E-state index in [1.807, 2.05) is 13.8 Å². The van der Waals surface area contributed by atoms with Gasteiger partial charge in [-0.25, -0.2) is 22.0 Å². The van der Waals surface area contributed by atoms with Crippen molar-refractivity contribution in [2.24, 2.45) is 0 Å². The first-order chi connectivity index (χ1) is 19.1. The minimum atomic E-state index is -4.36. The van der Waals surface area contributed by atoms with Gasteiger partial charge in [0.25, 0.3) is 10.0 Å². The quantitative estimate of drug-likeness (QED) is 0.256.